The molecule has 1 N–H and O–H groups in total. The fourth-order valence-electron chi connectivity index (χ4n) is 2.29. The molecule has 0 unspecified atom stereocenters. The number of fused-ring (bicyclic) bond motifs is 1. The number of nitrogens with zero attached hydrogens (tertiary/aromatic N) is 1. The van der Waals surface area contributed by atoms with E-state index < -0.39 is 17.5 Å². The van der Waals surface area contributed by atoms with Crippen molar-refractivity contribution in [2.24, 2.45) is 0 Å². The molecular formula is C16H17F3N2O3. The number of benzene rings is 1. The Morgan fingerprint density at radius 1 is 1.29 bits per heavy atom. The summed E-state index contributed by atoms with van der Waals surface area (Å²) in [7, 11) is 0. The first-order valence-corrected chi connectivity index (χ1v) is 7.46. The highest BCUT2D eigenvalue weighted by Gasteiger charge is 2.32. The number of alkyl halides is 3. The highest BCUT2D eigenvalue weighted by Crippen LogP contribution is 2.29. The largest absolute Gasteiger partial charge is 0.573 e. The molecule has 0 aliphatic rings. The maximum Gasteiger partial charge on any atom is 0.573 e. The second-order valence-electron chi connectivity index (χ2n) is 5.21. The number of hydrogen-bond acceptors (Lipinski definition) is 3. The number of halogens is 3. The monoisotopic (exact) mass is 342 g/mol. The molecule has 0 atom stereocenters. The maximum absolute atomic E-state index is 12.6. The van der Waals surface area contributed by atoms with Crippen molar-refractivity contribution < 1.29 is 22.7 Å². The molecule has 1 aromatic carbocycles. The summed E-state index contributed by atoms with van der Waals surface area (Å²) in [6.45, 7) is 2.25. The number of para-hydroxylation sites is 1. The zero-order chi connectivity index (χ0) is 17.7. The summed E-state index contributed by atoms with van der Waals surface area (Å²) in [5.74, 6) is -0.866. The van der Waals surface area contributed by atoms with Crippen molar-refractivity contribution in [3.05, 3.63) is 40.7 Å². The second kappa shape index (κ2) is 7.37. The summed E-state index contributed by atoms with van der Waals surface area (Å²) in [6.07, 6.45) is -1.90. The average molecular weight is 342 g/mol. The zero-order valence-electron chi connectivity index (χ0n) is 13.0. The van der Waals surface area contributed by atoms with Gasteiger partial charge in [-0.15, -0.1) is 13.2 Å². The molecular weight excluding hydrogens is 325 g/mol. The Labute approximate surface area is 136 Å². The van der Waals surface area contributed by atoms with Gasteiger partial charge in [-0.05, 0) is 18.6 Å². The molecule has 1 amide bonds. The maximum atomic E-state index is 12.6. The fraction of sp³-hybridized carbons (Fsp3) is 0.375. The summed E-state index contributed by atoms with van der Waals surface area (Å²) in [6, 6.07) is 5.02. The quantitative estimate of drug-likeness (QED) is 0.821. The SMILES string of the molecule is CCCCNC(=O)Cn1ccc(=O)c2cccc(OC(F)(F)F)c21. The van der Waals surface area contributed by atoms with Crippen LogP contribution in [0.4, 0.5) is 13.2 Å². The number of carbonyl (C=O) groups is 1. The summed E-state index contributed by atoms with van der Waals surface area (Å²) in [5, 5.41) is 2.73. The van der Waals surface area contributed by atoms with Gasteiger partial charge in [0.05, 0.1) is 5.52 Å². The predicted octanol–water partition coefficient (Wildman–Crippen LogP) is 2.82. The molecule has 1 aromatic heterocycles. The minimum Gasteiger partial charge on any atom is -0.404 e. The lowest BCUT2D eigenvalue weighted by Crippen LogP contribution is -2.29. The Kier molecular flexibility index (Phi) is 5.48. The Morgan fingerprint density at radius 2 is 2.04 bits per heavy atom. The normalized spacial score (nSPS) is 11.5. The van der Waals surface area contributed by atoms with Crippen molar-refractivity contribution >= 4 is 16.8 Å². The number of carbonyl (C=O) groups excluding carboxylic acids is 1. The molecule has 0 radical (unpaired) electrons. The van der Waals surface area contributed by atoms with E-state index in [0.29, 0.717) is 6.54 Å². The fourth-order valence-corrected chi connectivity index (χ4v) is 2.29. The van der Waals surface area contributed by atoms with E-state index in [1.54, 1.807) is 0 Å². The first kappa shape index (κ1) is 17.8. The number of aromatic nitrogens is 1. The van der Waals surface area contributed by atoms with E-state index in [9.17, 15) is 22.8 Å². The Morgan fingerprint density at radius 3 is 2.71 bits per heavy atom. The van der Waals surface area contributed by atoms with Gasteiger partial charge < -0.3 is 14.6 Å². The van der Waals surface area contributed by atoms with E-state index >= 15 is 0 Å². The smallest absolute Gasteiger partial charge is 0.404 e. The van der Waals surface area contributed by atoms with Crippen LogP contribution in [0.2, 0.25) is 0 Å². The van der Waals surface area contributed by atoms with Crippen LogP contribution in [-0.4, -0.2) is 23.4 Å². The third-order valence-corrected chi connectivity index (χ3v) is 3.35. The van der Waals surface area contributed by atoms with E-state index in [2.05, 4.69) is 10.1 Å². The molecule has 24 heavy (non-hydrogen) atoms. The standard InChI is InChI=1S/C16H17F3N2O3/c1-2-3-8-20-14(23)10-21-9-7-12(22)11-5-4-6-13(15(11)21)24-16(17,18)19/h4-7,9H,2-3,8,10H2,1H3,(H,20,23). The van der Waals surface area contributed by atoms with Crippen molar-refractivity contribution in [3.63, 3.8) is 0 Å². The summed E-state index contributed by atoms with van der Waals surface area (Å²) in [4.78, 5) is 23.8. The molecule has 0 saturated carbocycles. The van der Waals surface area contributed by atoms with Gasteiger partial charge in [0.1, 0.15) is 6.54 Å². The van der Waals surface area contributed by atoms with Crippen LogP contribution in [0.5, 0.6) is 5.75 Å². The van der Waals surface area contributed by atoms with Crippen LogP contribution in [0, 0.1) is 0 Å². The molecule has 0 aliphatic heterocycles. The van der Waals surface area contributed by atoms with Crippen LogP contribution in [0.25, 0.3) is 10.9 Å². The third kappa shape index (κ3) is 4.50. The molecule has 1 heterocycles. The average Bonchev–Trinajstić information content (AvgIpc) is 2.49. The number of unbranched alkanes of at least 4 members (excludes halogenated alkanes) is 1. The van der Waals surface area contributed by atoms with Crippen molar-refractivity contribution in [1.29, 1.82) is 0 Å². The second-order valence-corrected chi connectivity index (χ2v) is 5.21. The number of hydrogen-bond donors (Lipinski definition) is 1. The van der Waals surface area contributed by atoms with Crippen molar-refractivity contribution in [2.45, 2.75) is 32.7 Å². The molecule has 5 nitrogen and oxygen atoms in total. The van der Waals surface area contributed by atoms with Gasteiger partial charge in [0.2, 0.25) is 5.91 Å². The van der Waals surface area contributed by atoms with Gasteiger partial charge in [0.15, 0.2) is 11.2 Å². The third-order valence-electron chi connectivity index (χ3n) is 3.35. The summed E-state index contributed by atoms with van der Waals surface area (Å²) >= 11 is 0. The molecule has 8 heteroatoms. The van der Waals surface area contributed by atoms with E-state index in [-0.39, 0.29) is 23.4 Å². The van der Waals surface area contributed by atoms with Gasteiger partial charge >= 0.3 is 6.36 Å². The van der Waals surface area contributed by atoms with Crippen LogP contribution in [0.3, 0.4) is 0 Å². The lowest BCUT2D eigenvalue weighted by atomic mass is 10.2. The molecule has 0 fully saturated rings. The first-order valence-electron chi connectivity index (χ1n) is 7.46. The topological polar surface area (TPSA) is 60.3 Å². The Balaban J connectivity index is 2.41. The van der Waals surface area contributed by atoms with Gasteiger partial charge in [-0.3, -0.25) is 9.59 Å². The van der Waals surface area contributed by atoms with E-state index in [1.807, 2.05) is 6.92 Å². The van der Waals surface area contributed by atoms with Gasteiger partial charge in [0, 0.05) is 24.2 Å². The molecule has 0 aliphatic carbocycles. The highest BCUT2D eigenvalue weighted by molar-refractivity contribution is 5.86. The molecule has 130 valence electrons. The number of nitrogens with one attached hydrogen (secondary N) is 1. The van der Waals surface area contributed by atoms with E-state index in [0.717, 1.165) is 18.9 Å². The van der Waals surface area contributed by atoms with Crippen LogP contribution < -0.4 is 15.5 Å². The van der Waals surface area contributed by atoms with Gasteiger partial charge in [0.25, 0.3) is 0 Å². The van der Waals surface area contributed by atoms with Crippen LogP contribution in [0.1, 0.15) is 19.8 Å². The van der Waals surface area contributed by atoms with E-state index in [1.165, 1.54) is 29.0 Å². The predicted molar refractivity (Wildman–Crippen MR) is 82.8 cm³/mol. The van der Waals surface area contributed by atoms with Crippen LogP contribution in [-0.2, 0) is 11.3 Å². The summed E-state index contributed by atoms with van der Waals surface area (Å²) < 4.78 is 43.0. The highest BCUT2D eigenvalue weighted by atomic mass is 19.4. The first-order chi connectivity index (χ1) is 11.3. The Hall–Kier alpha value is -2.51. The number of ether oxygens (including phenoxy) is 1. The minimum atomic E-state index is -4.89. The molecule has 0 spiro atoms. The van der Waals surface area contributed by atoms with Crippen LogP contribution >= 0.6 is 0 Å². The van der Waals surface area contributed by atoms with Crippen molar-refractivity contribution in [3.8, 4) is 5.75 Å². The molecule has 0 saturated heterocycles. The number of pyridine rings is 1. The van der Waals surface area contributed by atoms with Gasteiger partial charge in [-0.1, -0.05) is 19.4 Å². The Bertz CT molecular complexity index is 784. The van der Waals surface area contributed by atoms with Gasteiger partial charge in [-0.2, -0.15) is 0 Å². The lowest BCUT2D eigenvalue weighted by Gasteiger charge is -2.16. The molecule has 2 rings (SSSR count). The zero-order valence-corrected chi connectivity index (χ0v) is 13.0. The van der Waals surface area contributed by atoms with E-state index in [4.69, 9.17) is 0 Å². The van der Waals surface area contributed by atoms with Crippen LogP contribution in [0.15, 0.2) is 35.3 Å². The number of amides is 1. The summed E-state index contributed by atoms with van der Waals surface area (Å²) in [5.41, 5.74) is -0.506. The molecule has 2 aromatic rings. The number of rotatable bonds is 6. The van der Waals surface area contributed by atoms with Crippen molar-refractivity contribution in [1.82, 2.24) is 9.88 Å². The van der Waals surface area contributed by atoms with Gasteiger partial charge in [-0.25, -0.2) is 0 Å². The van der Waals surface area contributed by atoms with Crippen molar-refractivity contribution in [2.75, 3.05) is 6.54 Å². The minimum absolute atomic E-state index is 0.0561. The lowest BCUT2D eigenvalue weighted by molar-refractivity contribution is -0.274. The molecule has 0 bridgehead atoms.